The van der Waals surface area contributed by atoms with E-state index in [2.05, 4.69) is 15.5 Å². The molecular formula is C12H10F3N3O2. The van der Waals surface area contributed by atoms with E-state index in [0.29, 0.717) is 0 Å². The highest BCUT2D eigenvalue weighted by Crippen LogP contribution is 2.36. The van der Waals surface area contributed by atoms with Crippen molar-refractivity contribution >= 4 is 5.91 Å². The molecule has 0 atom stereocenters. The normalized spacial score (nSPS) is 11.4. The van der Waals surface area contributed by atoms with Crippen LogP contribution in [0.3, 0.4) is 0 Å². The number of benzene rings is 1. The molecule has 0 saturated heterocycles. The van der Waals surface area contributed by atoms with Crippen molar-refractivity contribution in [2.45, 2.75) is 12.6 Å². The van der Waals surface area contributed by atoms with E-state index in [1.54, 1.807) is 0 Å². The number of halogens is 3. The number of carbonyl (C=O) groups excluding carboxylic acids is 1. The first kappa shape index (κ1) is 14.0. The lowest BCUT2D eigenvalue weighted by Crippen LogP contribution is -2.20. The summed E-state index contributed by atoms with van der Waals surface area (Å²) in [5.74, 6) is -0.602. The monoisotopic (exact) mass is 285 g/mol. The summed E-state index contributed by atoms with van der Waals surface area (Å²) >= 11 is 0. The maximum absolute atomic E-state index is 12.9. The fourth-order valence-corrected chi connectivity index (χ4v) is 1.58. The average molecular weight is 285 g/mol. The van der Waals surface area contributed by atoms with Gasteiger partial charge in [-0.3, -0.25) is 4.79 Å². The zero-order valence-electron chi connectivity index (χ0n) is 10.4. The molecule has 1 aromatic carbocycles. The first-order chi connectivity index (χ1) is 9.41. The van der Waals surface area contributed by atoms with Crippen LogP contribution in [0.15, 0.2) is 28.8 Å². The molecule has 5 nitrogen and oxygen atoms in total. The van der Waals surface area contributed by atoms with Crippen molar-refractivity contribution in [2.75, 3.05) is 7.05 Å². The predicted octanol–water partition coefficient (Wildman–Crippen LogP) is 2.04. The van der Waals surface area contributed by atoms with Crippen LogP contribution in [0.4, 0.5) is 13.2 Å². The fourth-order valence-electron chi connectivity index (χ4n) is 1.58. The van der Waals surface area contributed by atoms with Crippen molar-refractivity contribution in [3.05, 3.63) is 35.7 Å². The molecule has 0 aliphatic heterocycles. The maximum atomic E-state index is 12.9. The summed E-state index contributed by atoms with van der Waals surface area (Å²) in [6.07, 6.45) is -4.68. The summed E-state index contributed by atoms with van der Waals surface area (Å²) < 4.78 is 43.3. The molecule has 0 aliphatic rings. The topological polar surface area (TPSA) is 68.0 Å². The molecular weight excluding hydrogens is 275 g/mol. The second-order valence-corrected chi connectivity index (χ2v) is 3.91. The van der Waals surface area contributed by atoms with Crippen molar-refractivity contribution in [3.8, 4) is 11.5 Å². The van der Waals surface area contributed by atoms with Crippen molar-refractivity contribution < 1.29 is 22.5 Å². The second-order valence-electron chi connectivity index (χ2n) is 3.91. The standard InChI is InChI=1S/C12H10F3N3O2/c1-16-10(19)6-9-17-11(20-18-9)7-4-2-3-5-8(7)12(13,14)15/h2-5H,6H2,1H3,(H,16,19). The van der Waals surface area contributed by atoms with E-state index < -0.39 is 11.7 Å². The summed E-state index contributed by atoms with van der Waals surface area (Å²) in [4.78, 5) is 14.9. The van der Waals surface area contributed by atoms with Gasteiger partial charge in [-0.25, -0.2) is 0 Å². The number of likely N-dealkylation sites (N-methyl/N-ethyl adjacent to an activating group) is 1. The van der Waals surface area contributed by atoms with Gasteiger partial charge in [0.25, 0.3) is 5.89 Å². The zero-order valence-corrected chi connectivity index (χ0v) is 10.4. The zero-order chi connectivity index (χ0) is 14.8. The largest absolute Gasteiger partial charge is 0.417 e. The van der Waals surface area contributed by atoms with Crippen LogP contribution in [0.2, 0.25) is 0 Å². The summed E-state index contributed by atoms with van der Waals surface area (Å²) in [5.41, 5.74) is -1.08. The molecule has 106 valence electrons. The quantitative estimate of drug-likeness (QED) is 0.937. The Hall–Kier alpha value is -2.38. The summed E-state index contributed by atoms with van der Waals surface area (Å²) in [6, 6.07) is 4.87. The van der Waals surface area contributed by atoms with Crippen LogP contribution >= 0.6 is 0 Å². The Morgan fingerprint density at radius 1 is 1.35 bits per heavy atom. The minimum absolute atomic E-state index is 0.0244. The lowest BCUT2D eigenvalue weighted by atomic mass is 10.1. The summed E-state index contributed by atoms with van der Waals surface area (Å²) in [6.45, 7) is 0. The van der Waals surface area contributed by atoms with Gasteiger partial charge >= 0.3 is 6.18 Å². The number of aromatic nitrogens is 2. The number of carbonyl (C=O) groups is 1. The molecule has 2 aromatic rings. The van der Waals surface area contributed by atoms with E-state index in [0.717, 1.165) is 6.07 Å². The number of nitrogens with one attached hydrogen (secondary N) is 1. The lowest BCUT2D eigenvalue weighted by molar-refractivity contribution is -0.137. The smallest absolute Gasteiger partial charge is 0.359 e. The molecule has 0 unspecified atom stereocenters. The predicted molar refractivity (Wildman–Crippen MR) is 62.5 cm³/mol. The van der Waals surface area contributed by atoms with E-state index >= 15 is 0 Å². The Morgan fingerprint density at radius 2 is 2.05 bits per heavy atom. The minimum atomic E-state index is -4.52. The van der Waals surface area contributed by atoms with Crippen molar-refractivity contribution in [2.24, 2.45) is 0 Å². The minimum Gasteiger partial charge on any atom is -0.359 e. The number of amides is 1. The van der Waals surface area contributed by atoms with E-state index in [9.17, 15) is 18.0 Å². The molecule has 0 fully saturated rings. The van der Waals surface area contributed by atoms with Crippen LogP contribution in [0.5, 0.6) is 0 Å². The molecule has 1 heterocycles. The van der Waals surface area contributed by atoms with E-state index in [4.69, 9.17) is 4.52 Å². The second kappa shape index (κ2) is 5.32. The Kier molecular flexibility index (Phi) is 3.73. The molecule has 1 N–H and O–H groups in total. The molecule has 20 heavy (non-hydrogen) atoms. The van der Waals surface area contributed by atoms with Crippen molar-refractivity contribution in [1.82, 2.24) is 15.5 Å². The van der Waals surface area contributed by atoms with Crippen molar-refractivity contribution in [3.63, 3.8) is 0 Å². The first-order valence-electron chi connectivity index (χ1n) is 5.61. The van der Waals surface area contributed by atoms with E-state index in [-0.39, 0.29) is 29.6 Å². The Labute approximate surface area is 111 Å². The molecule has 0 spiro atoms. The van der Waals surface area contributed by atoms with Gasteiger partial charge in [-0.1, -0.05) is 17.3 Å². The highest BCUT2D eigenvalue weighted by Gasteiger charge is 2.34. The van der Waals surface area contributed by atoms with Gasteiger partial charge in [0.05, 0.1) is 17.5 Å². The van der Waals surface area contributed by atoms with Gasteiger partial charge in [0, 0.05) is 7.05 Å². The van der Waals surface area contributed by atoms with Gasteiger partial charge in [0.1, 0.15) is 0 Å². The SMILES string of the molecule is CNC(=O)Cc1noc(-c2ccccc2C(F)(F)F)n1. The average Bonchev–Trinajstić information content (AvgIpc) is 2.86. The lowest BCUT2D eigenvalue weighted by Gasteiger charge is -2.09. The first-order valence-corrected chi connectivity index (χ1v) is 5.61. The third-order valence-electron chi connectivity index (χ3n) is 2.53. The van der Waals surface area contributed by atoms with Crippen LogP contribution in [0.1, 0.15) is 11.4 Å². The highest BCUT2D eigenvalue weighted by molar-refractivity contribution is 5.77. The molecule has 2 rings (SSSR count). The van der Waals surface area contributed by atoms with Crippen LogP contribution in [-0.4, -0.2) is 23.1 Å². The third-order valence-corrected chi connectivity index (χ3v) is 2.53. The maximum Gasteiger partial charge on any atom is 0.417 e. The van der Waals surface area contributed by atoms with Crippen LogP contribution in [0, 0.1) is 0 Å². The van der Waals surface area contributed by atoms with Crippen LogP contribution < -0.4 is 5.32 Å². The van der Waals surface area contributed by atoms with Gasteiger partial charge < -0.3 is 9.84 Å². The molecule has 1 aromatic heterocycles. The molecule has 0 saturated carbocycles. The number of rotatable bonds is 3. The van der Waals surface area contributed by atoms with E-state index in [1.165, 1.54) is 25.2 Å². The number of hydrogen-bond acceptors (Lipinski definition) is 4. The van der Waals surface area contributed by atoms with E-state index in [1.807, 2.05) is 0 Å². The van der Waals surface area contributed by atoms with Gasteiger partial charge in [-0.2, -0.15) is 18.2 Å². The fraction of sp³-hybridized carbons (Fsp3) is 0.250. The molecule has 0 radical (unpaired) electrons. The Bertz CT molecular complexity index is 622. The molecule has 1 amide bonds. The molecule has 8 heteroatoms. The van der Waals surface area contributed by atoms with Crippen molar-refractivity contribution in [1.29, 1.82) is 0 Å². The van der Waals surface area contributed by atoms with Gasteiger partial charge in [-0.05, 0) is 12.1 Å². The van der Waals surface area contributed by atoms with Gasteiger partial charge in [-0.15, -0.1) is 0 Å². The Morgan fingerprint density at radius 3 is 2.70 bits per heavy atom. The number of hydrogen-bond donors (Lipinski definition) is 1. The van der Waals surface area contributed by atoms with Gasteiger partial charge in [0.15, 0.2) is 5.82 Å². The molecule has 0 aliphatic carbocycles. The third kappa shape index (κ3) is 2.95. The highest BCUT2D eigenvalue weighted by atomic mass is 19.4. The molecule has 0 bridgehead atoms. The number of alkyl halides is 3. The van der Waals surface area contributed by atoms with Gasteiger partial charge in [0.2, 0.25) is 5.91 Å². The summed E-state index contributed by atoms with van der Waals surface area (Å²) in [5, 5.41) is 5.85. The number of nitrogens with zero attached hydrogens (tertiary/aromatic N) is 2. The van der Waals surface area contributed by atoms with Crippen LogP contribution in [-0.2, 0) is 17.4 Å². The Balaban J connectivity index is 2.36. The van der Waals surface area contributed by atoms with Crippen LogP contribution in [0.25, 0.3) is 11.5 Å². The summed E-state index contributed by atoms with van der Waals surface area (Å²) in [7, 11) is 1.43.